The van der Waals surface area contributed by atoms with Crippen molar-refractivity contribution in [3.63, 3.8) is 0 Å². The Hall–Kier alpha value is -1.09. The average molecular weight is 267 g/mol. The predicted octanol–water partition coefficient (Wildman–Crippen LogP) is 4.10. The SMILES string of the molecule is CCC1(Cn2c(CCl)nc3ccc(F)cc32)CC1. The van der Waals surface area contributed by atoms with Gasteiger partial charge in [0.2, 0.25) is 0 Å². The van der Waals surface area contributed by atoms with Crippen LogP contribution < -0.4 is 0 Å². The van der Waals surface area contributed by atoms with Crippen LogP contribution in [-0.4, -0.2) is 9.55 Å². The van der Waals surface area contributed by atoms with Crippen molar-refractivity contribution in [1.82, 2.24) is 9.55 Å². The van der Waals surface area contributed by atoms with Crippen molar-refractivity contribution in [1.29, 1.82) is 0 Å². The second kappa shape index (κ2) is 4.23. The molecule has 0 aliphatic heterocycles. The summed E-state index contributed by atoms with van der Waals surface area (Å²) in [6.07, 6.45) is 3.66. The van der Waals surface area contributed by atoms with E-state index in [0.717, 1.165) is 29.8 Å². The number of fused-ring (bicyclic) bond motifs is 1. The van der Waals surface area contributed by atoms with E-state index in [1.165, 1.54) is 18.9 Å². The molecule has 0 atom stereocenters. The molecule has 3 rings (SSSR count). The number of hydrogen-bond donors (Lipinski definition) is 0. The molecule has 18 heavy (non-hydrogen) atoms. The first kappa shape index (κ1) is 12.0. The van der Waals surface area contributed by atoms with E-state index in [1.54, 1.807) is 12.1 Å². The molecule has 0 saturated heterocycles. The van der Waals surface area contributed by atoms with Crippen LogP contribution in [0.15, 0.2) is 18.2 Å². The smallest absolute Gasteiger partial charge is 0.125 e. The van der Waals surface area contributed by atoms with E-state index >= 15 is 0 Å². The molecular formula is C14H16ClFN2. The molecule has 0 radical (unpaired) electrons. The summed E-state index contributed by atoms with van der Waals surface area (Å²) < 4.78 is 15.5. The standard InChI is InChI=1S/C14H16ClFN2/c1-2-14(5-6-14)9-18-12-7-10(16)3-4-11(12)17-13(18)8-15/h3-4,7H,2,5-6,8-9H2,1H3. The van der Waals surface area contributed by atoms with Gasteiger partial charge >= 0.3 is 0 Å². The molecule has 1 fully saturated rings. The Morgan fingerprint density at radius 2 is 2.22 bits per heavy atom. The topological polar surface area (TPSA) is 17.8 Å². The van der Waals surface area contributed by atoms with Crippen molar-refractivity contribution in [3.05, 3.63) is 29.8 Å². The van der Waals surface area contributed by atoms with Crippen molar-refractivity contribution in [3.8, 4) is 0 Å². The van der Waals surface area contributed by atoms with Crippen LogP contribution >= 0.6 is 11.6 Å². The lowest BCUT2D eigenvalue weighted by Gasteiger charge is -2.15. The maximum Gasteiger partial charge on any atom is 0.125 e. The lowest BCUT2D eigenvalue weighted by atomic mass is 10.0. The molecule has 0 spiro atoms. The average Bonchev–Trinajstić information content (AvgIpc) is 3.08. The number of halogens is 2. The minimum Gasteiger partial charge on any atom is -0.326 e. The molecule has 0 unspecified atom stereocenters. The number of nitrogens with zero attached hydrogens (tertiary/aromatic N) is 2. The summed E-state index contributed by atoms with van der Waals surface area (Å²) >= 11 is 5.96. The molecule has 96 valence electrons. The fraction of sp³-hybridized carbons (Fsp3) is 0.500. The quantitative estimate of drug-likeness (QED) is 0.762. The summed E-state index contributed by atoms with van der Waals surface area (Å²) in [5.41, 5.74) is 2.09. The highest BCUT2D eigenvalue weighted by molar-refractivity contribution is 6.16. The van der Waals surface area contributed by atoms with E-state index in [2.05, 4.69) is 16.5 Å². The Balaban J connectivity index is 2.09. The van der Waals surface area contributed by atoms with E-state index in [4.69, 9.17) is 11.6 Å². The summed E-state index contributed by atoms with van der Waals surface area (Å²) in [4.78, 5) is 4.48. The molecule has 2 aromatic rings. The molecule has 4 heteroatoms. The Labute approximate surface area is 111 Å². The van der Waals surface area contributed by atoms with E-state index in [9.17, 15) is 4.39 Å². The number of aromatic nitrogens is 2. The van der Waals surface area contributed by atoms with Gasteiger partial charge in [0.05, 0.1) is 16.9 Å². The molecule has 0 N–H and O–H groups in total. The van der Waals surface area contributed by atoms with Gasteiger partial charge < -0.3 is 4.57 Å². The Kier molecular flexibility index (Phi) is 2.81. The van der Waals surface area contributed by atoms with Crippen molar-refractivity contribution in [2.75, 3.05) is 0 Å². The van der Waals surface area contributed by atoms with Gasteiger partial charge in [-0.2, -0.15) is 0 Å². The molecule has 2 nitrogen and oxygen atoms in total. The molecule has 1 aliphatic carbocycles. The van der Waals surface area contributed by atoms with Crippen LogP contribution in [0.25, 0.3) is 11.0 Å². The summed E-state index contributed by atoms with van der Waals surface area (Å²) in [5, 5.41) is 0. The van der Waals surface area contributed by atoms with Crippen molar-refractivity contribution in [2.45, 2.75) is 38.6 Å². The van der Waals surface area contributed by atoms with Gasteiger partial charge in [-0.1, -0.05) is 6.92 Å². The minimum absolute atomic E-state index is 0.217. The highest BCUT2D eigenvalue weighted by Crippen LogP contribution is 2.50. The van der Waals surface area contributed by atoms with Gasteiger partial charge in [-0.05, 0) is 42.9 Å². The van der Waals surface area contributed by atoms with Crippen LogP contribution in [0.1, 0.15) is 32.0 Å². The van der Waals surface area contributed by atoms with Crippen molar-refractivity contribution >= 4 is 22.6 Å². The van der Waals surface area contributed by atoms with Crippen LogP contribution in [-0.2, 0) is 12.4 Å². The number of benzene rings is 1. The van der Waals surface area contributed by atoms with Gasteiger partial charge in [-0.25, -0.2) is 9.37 Å². The molecule has 1 aliphatic rings. The second-order valence-electron chi connectivity index (χ2n) is 5.23. The zero-order chi connectivity index (χ0) is 12.8. The zero-order valence-corrected chi connectivity index (χ0v) is 11.2. The van der Waals surface area contributed by atoms with Gasteiger partial charge in [-0.15, -0.1) is 11.6 Å². The highest BCUT2D eigenvalue weighted by atomic mass is 35.5. The maximum absolute atomic E-state index is 13.4. The molecule has 1 aromatic heterocycles. The van der Waals surface area contributed by atoms with Gasteiger partial charge in [0, 0.05) is 6.54 Å². The van der Waals surface area contributed by atoms with Gasteiger partial charge in [0.25, 0.3) is 0 Å². The third kappa shape index (κ3) is 1.91. The van der Waals surface area contributed by atoms with Crippen LogP contribution in [0.4, 0.5) is 4.39 Å². The first-order valence-electron chi connectivity index (χ1n) is 6.38. The molecule has 1 saturated carbocycles. The van der Waals surface area contributed by atoms with E-state index in [1.807, 2.05) is 0 Å². The van der Waals surface area contributed by atoms with Crippen LogP contribution in [0.3, 0.4) is 0 Å². The van der Waals surface area contributed by atoms with E-state index in [0.29, 0.717) is 11.3 Å². The van der Waals surface area contributed by atoms with Gasteiger partial charge in [0.1, 0.15) is 11.6 Å². The van der Waals surface area contributed by atoms with Crippen molar-refractivity contribution < 1.29 is 4.39 Å². The zero-order valence-electron chi connectivity index (χ0n) is 10.4. The fourth-order valence-electron chi connectivity index (χ4n) is 2.56. The molecule has 0 bridgehead atoms. The summed E-state index contributed by atoms with van der Waals surface area (Å²) in [7, 11) is 0. The summed E-state index contributed by atoms with van der Waals surface area (Å²) in [6.45, 7) is 3.12. The van der Waals surface area contributed by atoms with E-state index < -0.39 is 0 Å². The van der Waals surface area contributed by atoms with Crippen LogP contribution in [0.2, 0.25) is 0 Å². The third-order valence-corrected chi connectivity index (χ3v) is 4.35. The summed E-state index contributed by atoms with van der Waals surface area (Å²) in [5.74, 6) is 0.999. The fourth-order valence-corrected chi connectivity index (χ4v) is 2.76. The maximum atomic E-state index is 13.4. The Morgan fingerprint density at radius 3 is 2.83 bits per heavy atom. The molecule has 1 aromatic carbocycles. The number of hydrogen-bond acceptors (Lipinski definition) is 1. The Bertz CT molecular complexity index is 587. The second-order valence-corrected chi connectivity index (χ2v) is 5.50. The summed E-state index contributed by atoms with van der Waals surface area (Å²) in [6, 6.07) is 4.73. The lowest BCUT2D eigenvalue weighted by Crippen LogP contribution is -2.13. The third-order valence-electron chi connectivity index (χ3n) is 4.11. The number of imidazole rings is 1. The van der Waals surface area contributed by atoms with Crippen LogP contribution in [0.5, 0.6) is 0 Å². The lowest BCUT2D eigenvalue weighted by molar-refractivity contribution is 0.409. The first-order chi connectivity index (χ1) is 8.67. The van der Waals surface area contributed by atoms with Gasteiger partial charge in [-0.3, -0.25) is 0 Å². The monoisotopic (exact) mass is 266 g/mol. The number of alkyl halides is 1. The number of rotatable bonds is 4. The van der Waals surface area contributed by atoms with Gasteiger partial charge in [0.15, 0.2) is 0 Å². The molecule has 0 amide bonds. The molecular weight excluding hydrogens is 251 g/mol. The van der Waals surface area contributed by atoms with Crippen LogP contribution in [0, 0.1) is 11.2 Å². The minimum atomic E-state index is -0.217. The largest absolute Gasteiger partial charge is 0.326 e. The van der Waals surface area contributed by atoms with Crippen molar-refractivity contribution in [2.24, 2.45) is 5.41 Å². The highest BCUT2D eigenvalue weighted by Gasteiger charge is 2.41. The van der Waals surface area contributed by atoms with E-state index in [-0.39, 0.29) is 5.82 Å². The normalized spacial score (nSPS) is 17.3. The predicted molar refractivity (Wildman–Crippen MR) is 71.2 cm³/mol. The Morgan fingerprint density at radius 1 is 1.44 bits per heavy atom. The first-order valence-corrected chi connectivity index (χ1v) is 6.91. The molecule has 1 heterocycles.